The maximum absolute atomic E-state index is 13.4. The number of aliphatic carboxylic acids is 1. The number of anilines is 1. The number of carbonyl (C=O) groups excluding carboxylic acids is 1. The predicted octanol–water partition coefficient (Wildman–Crippen LogP) is 1.92. The number of likely N-dealkylation sites (tertiary alicyclic amines) is 1. The van der Waals surface area contributed by atoms with E-state index >= 15 is 0 Å². The average molecular weight is 296 g/mol. The topological polar surface area (TPSA) is 78.9 Å². The average Bonchev–Trinajstić information content (AvgIpc) is 2.48. The van der Waals surface area contributed by atoms with Crippen LogP contribution in [-0.2, 0) is 9.53 Å². The standard InChI is InChI=1S/C14H17FN2O4/c15-11-3-1-2-4-12(11)16-14(20)17-7-5-10(6-8-17)21-9-13(18)19/h1-4,10H,5-9H2,(H,16,20)(H,18,19). The summed E-state index contributed by atoms with van der Waals surface area (Å²) in [6.45, 7) is 0.571. The first kappa shape index (κ1) is 15.2. The summed E-state index contributed by atoms with van der Waals surface area (Å²) < 4.78 is 18.6. The summed E-state index contributed by atoms with van der Waals surface area (Å²) in [7, 11) is 0. The van der Waals surface area contributed by atoms with Crippen molar-refractivity contribution in [2.45, 2.75) is 18.9 Å². The Balaban J connectivity index is 1.81. The van der Waals surface area contributed by atoms with Crippen molar-refractivity contribution >= 4 is 17.7 Å². The highest BCUT2D eigenvalue weighted by Crippen LogP contribution is 2.17. The van der Waals surface area contributed by atoms with Gasteiger partial charge in [0, 0.05) is 13.1 Å². The number of piperidine rings is 1. The quantitative estimate of drug-likeness (QED) is 0.889. The highest BCUT2D eigenvalue weighted by Gasteiger charge is 2.24. The molecule has 6 nitrogen and oxygen atoms in total. The number of nitrogens with one attached hydrogen (secondary N) is 1. The first-order chi connectivity index (χ1) is 10.1. The molecule has 114 valence electrons. The molecule has 0 atom stereocenters. The van der Waals surface area contributed by atoms with Crippen LogP contribution in [0.1, 0.15) is 12.8 Å². The fourth-order valence-electron chi connectivity index (χ4n) is 2.17. The van der Waals surface area contributed by atoms with Gasteiger partial charge in [0.2, 0.25) is 0 Å². The van der Waals surface area contributed by atoms with Crippen molar-refractivity contribution in [3.05, 3.63) is 30.1 Å². The minimum Gasteiger partial charge on any atom is -0.480 e. The van der Waals surface area contributed by atoms with Crippen LogP contribution in [0.25, 0.3) is 0 Å². The van der Waals surface area contributed by atoms with E-state index in [0.29, 0.717) is 25.9 Å². The SMILES string of the molecule is O=C(O)COC1CCN(C(=O)Nc2ccccc2F)CC1. The molecule has 2 amide bonds. The molecule has 0 spiro atoms. The fraction of sp³-hybridized carbons (Fsp3) is 0.429. The molecular formula is C14H17FN2O4. The Morgan fingerprint density at radius 2 is 2.00 bits per heavy atom. The molecule has 1 fully saturated rings. The minimum absolute atomic E-state index is 0.145. The third-order valence-corrected chi connectivity index (χ3v) is 3.29. The number of carboxylic acids is 1. The summed E-state index contributed by atoms with van der Waals surface area (Å²) in [6.07, 6.45) is 0.981. The number of benzene rings is 1. The number of amides is 2. The Kier molecular flexibility index (Phi) is 5.10. The Hall–Kier alpha value is -2.15. The molecule has 0 bridgehead atoms. The van der Waals surface area contributed by atoms with E-state index < -0.39 is 11.8 Å². The van der Waals surface area contributed by atoms with Gasteiger partial charge < -0.3 is 20.1 Å². The molecule has 0 saturated carbocycles. The summed E-state index contributed by atoms with van der Waals surface area (Å²) in [6, 6.07) is 5.61. The number of ether oxygens (including phenoxy) is 1. The summed E-state index contributed by atoms with van der Waals surface area (Å²) >= 11 is 0. The zero-order valence-corrected chi connectivity index (χ0v) is 11.4. The highest BCUT2D eigenvalue weighted by atomic mass is 19.1. The van der Waals surface area contributed by atoms with Crippen LogP contribution in [0, 0.1) is 5.82 Å². The largest absolute Gasteiger partial charge is 0.480 e. The van der Waals surface area contributed by atoms with Crippen molar-refractivity contribution in [3.63, 3.8) is 0 Å². The molecule has 0 aromatic heterocycles. The van der Waals surface area contributed by atoms with Crippen molar-refractivity contribution < 1.29 is 23.8 Å². The molecule has 1 saturated heterocycles. The fourth-order valence-corrected chi connectivity index (χ4v) is 2.17. The lowest BCUT2D eigenvalue weighted by molar-refractivity contribution is -0.145. The van der Waals surface area contributed by atoms with Gasteiger partial charge in [-0.2, -0.15) is 0 Å². The van der Waals surface area contributed by atoms with Crippen molar-refractivity contribution in [2.24, 2.45) is 0 Å². The van der Waals surface area contributed by atoms with E-state index in [1.165, 1.54) is 12.1 Å². The highest BCUT2D eigenvalue weighted by molar-refractivity contribution is 5.89. The van der Waals surface area contributed by atoms with Gasteiger partial charge in [-0.25, -0.2) is 14.0 Å². The van der Waals surface area contributed by atoms with Gasteiger partial charge in [-0.15, -0.1) is 0 Å². The summed E-state index contributed by atoms with van der Waals surface area (Å²) in [5.74, 6) is -1.49. The number of urea groups is 1. The van der Waals surface area contributed by atoms with Gasteiger partial charge in [0.15, 0.2) is 0 Å². The van der Waals surface area contributed by atoms with Crippen LogP contribution in [0.4, 0.5) is 14.9 Å². The van der Waals surface area contributed by atoms with Gasteiger partial charge in [0.25, 0.3) is 0 Å². The monoisotopic (exact) mass is 296 g/mol. The first-order valence-electron chi connectivity index (χ1n) is 6.70. The second-order valence-electron chi connectivity index (χ2n) is 4.80. The minimum atomic E-state index is -1.00. The second kappa shape index (κ2) is 7.03. The molecule has 7 heteroatoms. The third kappa shape index (κ3) is 4.42. The Morgan fingerprint density at radius 1 is 1.33 bits per heavy atom. The maximum atomic E-state index is 13.4. The van der Waals surface area contributed by atoms with Gasteiger partial charge in [0.05, 0.1) is 11.8 Å². The van der Waals surface area contributed by atoms with Crippen LogP contribution in [0.2, 0.25) is 0 Å². The van der Waals surface area contributed by atoms with Crippen LogP contribution < -0.4 is 5.32 Å². The number of para-hydroxylation sites is 1. The van der Waals surface area contributed by atoms with E-state index in [9.17, 15) is 14.0 Å². The molecule has 1 aliphatic rings. The van der Waals surface area contributed by atoms with Crippen molar-refractivity contribution in [1.82, 2.24) is 4.90 Å². The predicted molar refractivity (Wildman–Crippen MR) is 73.6 cm³/mol. The number of hydrogen-bond donors (Lipinski definition) is 2. The van der Waals surface area contributed by atoms with Gasteiger partial charge in [0.1, 0.15) is 12.4 Å². The molecule has 1 aliphatic heterocycles. The number of rotatable bonds is 4. The van der Waals surface area contributed by atoms with Crippen LogP contribution in [0.5, 0.6) is 0 Å². The molecule has 0 radical (unpaired) electrons. The summed E-state index contributed by atoms with van der Waals surface area (Å²) in [5.41, 5.74) is 0.145. The van der Waals surface area contributed by atoms with Gasteiger partial charge in [-0.05, 0) is 25.0 Å². The molecule has 0 aliphatic carbocycles. The second-order valence-corrected chi connectivity index (χ2v) is 4.80. The third-order valence-electron chi connectivity index (χ3n) is 3.29. The number of hydrogen-bond acceptors (Lipinski definition) is 3. The van der Waals surface area contributed by atoms with E-state index in [-0.39, 0.29) is 24.4 Å². The molecule has 0 unspecified atom stereocenters. The molecule has 2 N–H and O–H groups in total. The van der Waals surface area contributed by atoms with E-state index in [2.05, 4.69) is 5.32 Å². The van der Waals surface area contributed by atoms with E-state index in [4.69, 9.17) is 9.84 Å². The molecule has 1 aromatic carbocycles. The number of nitrogens with zero attached hydrogens (tertiary/aromatic N) is 1. The Morgan fingerprint density at radius 3 is 2.62 bits per heavy atom. The summed E-state index contributed by atoms with van der Waals surface area (Å²) in [4.78, 5) is 24.0. The first-order valence-corrected chi connectivity index (χ1v) is 6.70. The molecule has 21 heavy (non-hydrogen) atoms. The summed E-state index contributed by atoms with van der Waals surface area (Å²) in [5, 5.41) is 11.1. The van der Waals surface area contributed by atoms with Crippen molar-refractivity contribution in [3.8, 4) is 0 Å². The number of carbonyl (C=O) groups is 2. The molecule has 1 aromatic rings. The van der Waals surface area contributed by atoms with Crippen LogP contribution in [-0.4, -0.2) is 47.8 Å². The molecular weight excluding hydrogens is 279 g/mol. The van der Waals surface area contributed by atoms with Gasteiger partial charge in [-0.3, -0.25) is 0 Å². The smallest absolute Gasteiger partial charge is 0.329 e. The van der Waals surface area contributed by atoms with Crippen molar-refractivity contribution in [1.29, 1.82) is 0 Å². The lowest BCUT2D eigenvalue weighted by Crippen LogP contribution is -2.43. The van der Waals surface area contributed by atoms with Crippen molar-refractivity contribution in [2.75, 3.05) is 25.0 Å². The van der Waals surface area contributed by atoms with Crippen LogP contribution in [0.3, 0.4) is 0 Å². The lowest BCUT2D eigenvalue weighted by Gasteiger charge is -2.31. The zero-order valence-electron chi connectivity index (χ0n) is 11.4. The van der Waals surface area contributed by atoms with Gasteiger partial charge >= 0.3 is 12.0 Å². The van der Waals surface area contributed by atoms with Crippen LogP contribution in [0.15, 0.2) is 24.3 Å². The Bertz CT molecular complexity index is 515. The van der Waals surface area contributed by atoms with Crippen LogP contribution >= 0.6 is 0 Å². The number of carboxylic acid groups (broad SMARTS) is 1. The van der Waals surface area contributed by atoms with E-state index in [1.54, 1.807) is 17.0 Å². The number of halogens is 1. The maximum Gasteiger partial charge on any atom is 0.329 e. The van der Waals surface area contributed by atoms with E-state index in [0.717, 1.165) is 0 Å². The van der Waals surface area contributed by atoms with Gasteiger partial charge in [-0.1, -0.05) is 12.1 Å². The zero-order chi connectivity index (χ0) is 15.2. The molecule has 2 rings (SSSR count). The Labute approximate surface area is 121 Å². The normalized spacial score (nSPS) is 15.8. The van der Waals surface area contributed by atoms with E-state index in [1.807, 2.05) is 0 Å². The molecule has 1 heterocycles. The lowest BCUT2D eigenvalue weighted by atomic mass is 10.1.